The van der Waals surface area contributed by atoms with Crippen molar-refractivity contribution in [1.82, 2.24) is 0 Å². The van der Waals surface area contributed by atoms with Gasteiger partial charge in [-0.25, -0.2) is 0 Å². The van der Waals surface area contributed by atoms with Crippen LogP contribution in [0, 0.1) is 0 Å². The zero-order chi connectivity index (χ0) is 17.0. The van der Waals surface area contributed by atoms with E-state index in [0.717, 1.165) is 6.42 Å². The van der Waals surface area contributed by atoms with Crippen LogP contribution < -0.4 is 0 Å². The van der Waals surface area contributed by atoms with Gasteiger partial charge >= 0.3 is 139 Å². The van der Waals surface area contributed by atoms with Gasteiger partial charge in [0.05, 0.1) is 0 Å². The Morgan fingerprint density at radius 3 is 1.82 bits per heavy atom. The minimum absolute atomic E-state index is 0.126. The Morgan fingerprint density at radius 2 is 1.41 bits per heavy atom. The van der Waals surface area contributed by atoms with E-state index in [0.29, 0.717) is 5.57 Å². The molecule has 0 N–H and O–H groups in total. The van der Waals surface area contributed by atoms with Gasteiger partial charge in [0.25, 0.3) is 0 Å². The Labute approximate surface area is 139 Å². The Morgan fingerprint density at radius 1 is 0.955 bits per heavy atom. The molecule has 2 nitrogen and oxygen atoms in total. The Hall–Kier alpha value is -0.360. The van der Waals surface area contributed by atoms with E-state index in [1.807, 2.05) is 0 Å². The van der Waals surface area contributed by atoms with Crippen molar-refractivity contribution in [2.24, 2.45) is 0 Å². The van der Waals surface area contributed by atoms with Crippen LogP contribution in [0.1, 0.15) is 78.1 Å². The van der Waals surface area contributed by atoms with Crippen molar-refractivity contribution in [2.45, 2.75) is 83.9 Å². The topological polar surface area (TPSA) is 26.3 Å². The van der Waals surface area contributed by atoms with Crippen molar-refractivity contribution in [2.75, 3.05) is 20.0 Å². The molecule has 0 bridgehead atoms. The van der Waals surface area contributed by atoms with E-state index in [2.05, 4.69) is 33.5 Å². The van der Waals surface area contributed by atoms with Crippen LogP contribution in [0.25, 0.3) is 0 Å². The summed E-state index contributed by atoms with van der Waals surface area (Å²) in [5, 5.41) is 0. The summed E-state index contributed by atoms with van der Waals surface area (Å²) in [7, 11) is -1.47. The molecular weight excluding hydrogens is 291 g/mol. The SMILES string of the molecule is C=C(C)C(=O)OC(CCCCCCCCCCC)[PH](C)(C)C. The third-order valence-corrected chi connectivity index (χ3v) is 6.47. The normalized spacial score (nSPS) is 13.7. The van der Waals surface area contributed by atoms with Gasteiger partial charge in [-0.1, -0.05) is 0 Å². The molecule has 0 radical (unpaired) electrons. The zero-order valence-corrected chi connectivity index (χ0v) is 16.7. The predicted molar refractivity (Wildman–Crippen MR) is 103 cm³/mol. The first-order valence-corrected chi connectivity index (χ1v) is 12.7. The van der Waals surface area contributed by atoms with Gasteiger partial charge in [0.1, 0.15) is 0 Å². The first-order chi connectivity index (χ1) is 10.3. The molecule has 0 saturated heterocycles. The van der Waals surface area contributed by atoms with E-state index in [1.54, 1.807) is 6.92 Å². The molecule has 3 heteroatoms. The minimum atomic E-state index is -1.47. The van der Waals surface area contributed by atoms with Crippen LogP contribution in [0.4, 0.5) is 0 Å². The molecule has 0 aliphatic carbocycles. The summed E-state index contributed by atoms with van der Waals surface area (Å²) in [5.74, 6) is -0.0930. The van der Waals surface area contributed by atoms with Gasteiger partial charge in [0.2, 0.25) is 0 Å². The maximum absolute atomic E-state index is 11.8. The molecule has 0 amide bonds. The van der Waals surface area contributed by atoms with E-state index in [1.165, 1.54) is 57.8 Å². The van der Waals surface area contributed by atoms with E-state index >= 15 is 0 Å². The quantitative estimate of drug-likeness (QED) is 0.179. The van der Waals surface area contributed by atoms with Gasteiger partial charge in [-0.3, -0.25) is 0 Å². The molecule has 0 aromatic carbocycles. The molecule has 0 aromatic heterocycles. The summed E-state index contributed by atoms with van der Waals surface area (Å²) in [6.45, 7) is 14.5. The molecule has 1 unspecified atom stereocenters. The van der Waals surface area contributed by atoms with Crippen LogP contribution in [0.3, 0.4) is 0 Å². The van der Waals surface area contributed by atoms with Crippen LogP contribution >= 0.6 is 7.26 Å². The van der Waals surface area contributed by atoms with Gasteiger partial charge in [-0.05, 0) is 0 Å². The summed E-state index contributed by atoms with van der Waals surface area (Å²) in [4.78, 5) is 11.8. The molecule has 0 spiro atoms. The Bertz CT molecular complexity index is 318. The molecule has 1 atom stereocenters. The molecule has 22 heavy (non-hydrogen) atoms. The molecule has 0 rings (SSSR count). The van der Waals surface area contributed by atoms with E-state index in [9.17, 15) is 4.79 Å². The van der Waals surface area contributed by atoms with Crippen molar-refractivity contribution in [3.05, 3.63) is 12.2 Å². The van der Waals surface area contributed by atoms with E-state index in [4.69, 9.17) is 4.74 Å². The van der Waals surface area contributed by atoms with E-state index < -0.39 is 7.26 Å². The fourth-order valence-corrected chi connectivity index (χ4v) is 4.07. The van der Waals surface area contributed by atoms with Crippen LogP contribution in [-0.4, -0.2) is 31.8 Å². The van der Waals surface area contributed by atoms with Gasteiger partial charge in [0.15, 0.2) is 0 Å². The molecule has 132 valence electrons. The van der Waals surface area contributed by atoms with Crippen molar-refractivity contribution in [3.63, 3.8) is 0 Å². The molecule has 0 aliphatic rings. The molecule has 0 aliphatic heterocycles. The molecule has 0 saturated carbocycles. The first-order valence-electron chi connectivity index (χ1n) is 9.15. The summed E-state index contributed by atoms with van der Waals surface area (Å²) in [6.07, 6.45) is 13.0. The Balaban J connectivity index is 3.86. The second kappa shape index (κ2) is 12.1. The fraction of sp³-hybridized carbons (Fsp3) is 0.842. The van der Waals surface area contributed by atoms with Crippen LogP contribution in [0.15, 0.2) is 12.2 Å². The van der Waals surface area contributed by atoms with Crippen molar-refractivity contribution >= 4 is 13.2 Å². The number of esters is 1. The second-order valence-corrected chi connectivity index (χ2v) is 13.0. The number of carbonyl (C=O) groups excluding carboxylic acids is 1. The van der Waals surface area contributed by atoms with Gasteiger partial charge in [-0.2, -0.15) is 0 Å². The van der Waals surface area contributed by atoms with Crippen molar-refractivity contribution in [1.29, 1.82) is 0 Å². The number of hydrogen-bond acceptors (Lipinski definition) is 2. The fourth-order valence-electron chi connectivity index (χ4n) is 2.54. The number of rotatable bonds is 13. The third kappa shape index (κ3) is 11.2. The third-order valence-electron chi connectivity index (χ3n) is 4.13. The number of unbranched alkanes of at least 4 members (excludes halogenated alkanes) is 8. The molecule has 0 fully saturated rings. The monoisotopic (exact) mass is 330 g/mol. The van der Waals surface area contributed by atoms with Crippen molar-refractivity contribution in [3.8, 4) is 0 Å². The molecule has 0 heterocycles. The zero-order valence-electron chi connectivity index (χ0n) is 15.7. The molecular formula is C19H39O2P. The number of ether oxygens (including phenoxy) is 1. The standard InChI is InChI=1S/C19H39O2P/c1-7-8-9-10-11-12-13-14-15-16-18(22(4,5)6)21-19(20)17(2)3/h18,22H,2,7-16H2,1,3-6H3. The van der Waals surface area contributed by atoms with Crippen LogP contribution in [0.2, 0.25) is 0 Å². The summed E-state index contributed by atoms with van der Waals surface area (Å²) in [6, 6.07) is 0. The predicted octanol–water partition coefficient (Wildman–Crippen LogP) is 5.99. The summed E-state index contributed by atoms with van der Waals surface area (Å²) < 4.78 is 5.67. The van der Waals surface area contributed by atoms with Gasteiger partial charge < -0.3 is 0 Å². The van der Waals surface area contributed by atoms with Crippen LogP contribution in [0.5, 0.6) is 0 Å². The summed E-state index contributed by atoms with van der Waals surface area (Å²) >= 11 is 0. The maximum atomic E-state index is 11.8. The van der Waals surface area contributed by atoms with Crippen molar-refractivity contribution < 1.29 is 9.53 Å². The number of hydrogen-bond donors (Lipinski definition) is 0. The average molecular weight is 330 g/mol. The average Bonchev–Trinajstić information content (AvgIpc) is 2.42. The number of carbonyl (C=O) groups is 1. The summed E-state index contributed by atoms with van der Waals surface area (Å²) in [5.41, 5.74) is 0.510. The molecule has 0 aromatic rings. The Kier molecular flexibility index (Phi) is 11.9. The van der Waals surface area contributed by atoms with Crippen LogP contribution in [-0.2, 0) is 9.53 Å². The second-order valence-electron chi connectivity index (χ2n) is 7.66. The first kappa shape index (κ1) is 21.6. The van der Waals surface area contributed by atoms with Gasteiger partial charge in [-0.15, -0.1) is 0 Å². The van der Waals surface area contributed by atoms with Gasteiger partial charge in [0, 0.05) is 0 Å². The van der Waals surface area contributed by atoms with E-state index in [-0.39, 0.29) is 11.8 Å².